The number of hydrogen-bond donors (Lipinski definition) is 1. The summed E-state index contributed by atoms with van der Waals surface area (Å²) in [5.41, 5.74) is 1.34. The molecule has 0 bridgehead atoms. The number of amides is 1. The quantitative estimate of drug-likeness (QED) is 0.701. The molecule has 0 saturated heterocycles. The van der Waals surface area contributed by atoms with Gasteiger partial charge in [-0.05, 0) is 43.3 Å². The molecule has 0 aliphatic heterocycles. The number of carbonyl (C=O) groups excluding carboxylic acids is 1. The Bertz CT molecular complexity index is 743. The minimum absolute atomic E-state index is 0. The molecule has 0 radical (unpaired) electrons. The van der Waals surface area contributed by atoms with Gasteiger partial charge < -0.3 is 19.7 Å². The van der Waals surface area contributed by atoms with Crippen LogP contribution in [-0.4, -0.2) is 45.2 Å². The number of methoxy groups -OCH3 is 2. The molecule has 5 nitrogen and oxygen atoms in total. The van der Waals surface area contributed by atoms with Crippen LogP contribution in [0.1, 0.15) is 12.0 Å². The lowest BCUT2D eigenvalue weighted by molar-refractivity contribution is -0.116. The number of ether oxygens (including phenoxy) is 2. The van der Waals surface area contributed by atoms with Crippen molar-refractivity contribution in [2.75, 3.05) is 39.7 Å². The number of halogens is 2. The lowest BCUT2D eigenvalue weighted by Gasteiger charge is -2.17. The summed E-state index contributed by atoms with van der Waals surface area (Å²) in [7, 11) is 5.18. The van der Waals surface area contributed by atoms with Gasteiger partial charge in [0.05, 0.1) is 19.9 Å². The molecule has 2 aromatic rings. The van der Waals surface area contributed by atoms with Crippen LogP contribution in [0.3, 0.4) is 0 Å². The molecule has 1 amide bonds. The fourth-order valence-electron chi connectivity index (χ4n) is 2.54. The molecule has 0 fully saturated rings. The molecule has 0 aromatic heterocycles. The average molecular weight is 397 g/mol. The van der Waals surface area contributed by atoms with Crippen LogP contribution in [0.25, 0.3) is 0 Å². The summed E-state index contributed by atoms with van der Waals surface area (Å²) < 4.78 is 24.1. The van der Waals surface area contributed by atoms with Crippen molar-refractivity contribution < 1.29 is 18.7 Å². The second-order valence-corrected chi connectivity index (χ2v) is 6.02. The molecule has 27 heavy (non-hydrogen) atoms. The largest absolute Gasteiger partial charge is 0.493 e. The summed E-state index contributed by atoms with van der Waals surface area (Å²) in [4.78, 5) is 14.0. The fourth-order valence-corrected chi connectivity index (χ4v) is 2.54. The van der Waals surface area contributed by atoms with Gasteiger partial charge in [-0.3, -0.25) is 4.79 Å². The molecule has 0 aliphatic rings. The summed E-state index contributed by atoms with van der Waals surface area (Å²) >= 11 is 0. The van der Waals surface area contributed by atoms with Crippen molar-refractivity contribution in [1.29, 1.82) is 0 Å². The maximum Gasteiger partial charge on any atom is 0.225 e. The lowest BCUT2D eigenvalue weighted by Crippen LogP contribution is -2.26. The number of carbonyl (C=O) groups is 1. The summed E-state index contributed by atoms with van der Waals surface area (Å²) in [6, 6.07) is 12.0. The first kappa shape index (κ1) is 22.7. The molecular formula is C20H26ClFN2O3. The monoisotopic (exact) mass is 396 g/mol. The zero-order valence-electron chi connectivity index (χ0n) is 15.8. The summed E-state index contributed by atoms with van der Waals surface area (Å²) in [6.45, 7) is 1.38. The zero-order valence-corrected chi connectivity index (χ0v) is 16.6. The predicted molar refractivity (Wildman–Crippen MR) is 108 cm³/mol. The Balaban J connectivity index is 0.00000364. The van der Waals surface area contributed by atoms with E-state index in [-0.39, 0.29) is 24.0 Å². The van der Waals surface area contributed by atoms with Crippen molar-refractivity contribution in [3.05, 3.63) is 53.8 Å². The average Bonchev–Trinajstić information content (AvgIpc) is 2.66. The van der Waals surface area contributed by atoms with Gasteiger partial charge in [0.2, 0.25) is 5.91 Å². The first-order valence-electron chi connectivity index (χ1n) is 8.47. The van der Waals surface area contributed by atoms with Gasteiger partial charge in [0.25, 0.3) is 0 Å². The summed E-state index contributed by atoms with van der Waals surface area (Å²) in [5.74, 6) is 0.780. The van der Waals surface area contributed by atoms with Crippen LogP contribution in [0, 0.1) is 5.82 Å². The number of anilines is 1. The molecule has 2 rings (SSSR count). The van der Waals surface area contributed by atoms with Crippen LogP contribution in [0.2, 0.25) is 0 Å². The molecule has 0 unspecified atom stereocenters. The third kappa shape index (κ3) is 7.07. The van der Waals surface area contributed by atoms with E-state index < -0.39 is 5.82 Å². The molecule has 0 spiro atoms. The van der Waals surface area contributed by atoms with E-state index in [9.17, 15) is 9.18 Å². The summed E-state index contributed by atoms with van der Waals surface area (Å²) in [5, 5.41) is 2.60. The van der Waals surface area contributed by atoms with Crippen molar-refractivity contribution in [2.24, 2.45) is 0 Å². The maximum atomic E-state index is 13.5. The number of hydrogen-bond acceptors (Lipinski definition) is 4. The number of rotatable bonds is 9. The van der Waals surface area contributed by atoms with E-state index in [0.29, 0.717) is 24.5 Å². The highest BCUT2D eigenvalue weighted by Crippen LogP contribution is 2.27. The van der Waals surface area contributed by atoms with Crippen LogP contribution in [0.5, 0.6) is 11.5 Å². The molecule has 1 N–H and O–H groups in total. The first-order valence-corrected chi connectivity index (χ1v) is 8.47. The van der Waals surface area contributed by atoms with Gasteiger partial charge in [-0.2, -0.15) is 0 Å². The van der Waals surface area contributed by atoms with Gasteiger partial charge in [0, 0.05) is 19.5 Å². The normalized spacial score (nSPS) is 10.3. The van der Waals surface area contributed by atoms with Crippen molar-refractivity contribution in [2.45, 2.75) is 12.8 Å². The van der Waals surface area contributed by atoms with E-state index in [1.54, 1.807) is 32.4 Å². The van der Waals surface area contributed by atoms with Gasteiger partial charge in [0.1, 0.15) is 5.82 Å². The predicted octanol–water partition coefficient (Wildman–Crippen LogP) is 3.77. The van der Waals surface area contributed by atoms with Gasteiger partial charge in [0.15, 0.2) is 11.5 Å². The maximum absolute atomic E-state index is 13.5. The van der Waals surface area contributed by atoms with E-state index >= 15 is 0 Å². The van der Waals surface area contributed by atoms with Crippen molar-refractivity contribution >= 4 is 24.0 Å². The third-order valence-corrected chi connectivity index (χ3v) is 4.10. The molecule has 0 heterocycles. The lowest BCUT2D eigenvalue weighted by atomic mass is 10.1. The van der Waals surface area contributed by atoms with Gasteiger partial charge in [-0.15, -0.1) is 12.4 Å². The van der Waals surface area contributed by atoms with Gasteiger partial charge in [-0.25, -0.2) is 4.39 Å². The third-order valence-electron chi connectivity index (χ3n) is 4.10. The van der Waals surface area contributed by atoms with Crippen molar-refractivity contribution in [1.82, 2.24) is 4.90 Å². The van der Waals surface area contributed by atoms with Crippen LogP contribution in [0.4, 0.5) is 10.1 Å². The van der Waals surface area contributed by atoms with E-state index in [1.807, 2.05) is 25.2 Å². The van der Waals surface area contributed by atoms with Crippen LogP contribution >= 0.6 is 12.4 Å². The molecule has 0 saturated carbocycles. The van der Waals surface area contributed by atoms with Gasteiger partial charge >= 0.3 is 0 Å². The molecule has 148 valence electrons. The molecule has 0 atom stereocenters. The van der Waals surface area contributed by atoms with Crippen LogP contribution in [0.15, 0.2) is 42.5 Å². The van der Waals surface area contributed by atoms with Crippen LogP contribution in [-0.2, 0) is 11.2 Å². The number of para-hydroxylation sites is 1. The van der Waals surface area contributed by atoms with E-state index in [4.69, 9.17) is 9.47 Å². The number of nitrogens with zero attached hydrogens (tertiary/aromatic N) is 1. The minimum atomic E-state index is -0.428. The van der Waals surface area contributed by atoms with Gasteiger partial charge in [-0.1, -0.05) is 18.2 Å². The smallest absolute Gasteiger partial charge is 0.225 e. The van der Waals surface area contributed by atoms with E-state index in [0.717, 1.165) is 18.5 Å². The Kier molecular flexibility index (Phi) is 9.61. The number of likely N-dealkylation sites (N-methyl/N-ethyl adjacent to an activating group) is 1. The van der Waals surface area contributed by atoms with E-state index in [1.165, 1.54) is 6.07 Å². The molecule has 0 aliphatic carbocycles. The fraction of sp³-hybridized carbons (Fsp3) is 0.350. The highest BCUT2D eigenvalue weighted by atomic mass is 35.5. The summed E-state index contributed by atoms with van der Waals surface area (Å²) in [6.07, 6.45) is 1.13. The molecule has 7 heteroatoms. The highest BCUT2D eigenvalue weighted by molar-refractivity contribution is 5.90. The van der Waals surface area contributed by atoms with Crippen LogP contribution < -0.4 is 14.8 Å². The Morgan fingerprint density at radius 1 is 1.07 bits per heavy atom. The first-order chi connectivity index (χ1) is 12.5. The molecule has 2 aromatic carbocycles. The highest BCUT2D eigenvalue weighted by Gasteiger charge is 2.09. The number of benzene rings is 2. The zero-order chi connectivity index (χ0) is 18.9. The minimum Gasteiger partial charge on any atom is -0.493 e. The standard InChI is InChI=1S/C20H25FN2O3.ClH/c1-23(12-10-15-8-9-18(25-2)19(14-15)26-3)13-11-20(24)22-17-7-5-4-6-16(17)21;/h4-9,14H,10-13H2,1-3H3,(H,22,24);1H. The second-order valence-electron chi connectivity index (χ2n) is 6.02. The van der Waals surface area contributed by atoms with Crippen molar-refractivity contribution in [3.63, 3.8) is 0 Å². The topological polar surface area (TPSA) is 50.8 Å². The Labute approximate surface area is 165 Å². The number of nitrogens with one attached hydrogen (secondary N) is 1. The SMILES string of the molecule is COc1ccc(CCN(C)CCC(=O)Nc2ccccc2F)cc1OC.Cl. The Hall–Kier alpha value is -2.31. The second kappa shape index (κ2) is 11.4. The Morgan fingerprint density at radius 2 is 1.78 bits per heavy atom. The van der Waals surface area contributed by atoms with Crippen molar-refractivity contribution in [3.8, 4) is 11.5 Å². The van der Waals surface area contributed by atoms with E-state index in [2.05, 4.69) is 10.2 Å². The molecular weight excluding hydrogens is 371 g/mol. The Morgan fingerprint density at radius 3 is 2.44 bits per heavy atom.